The van der Waals surface area contributed by atoms with E-state index in [2.05, 4.69) is 5.32 Å². The number of halogens is 1. The van der Waals surface area contributed by atoms with Gasteiger partial charge in [0.1, 0.15) is 5.82 Å². The van der Waals surface area contributed by atoms with Crippen molar-refractivity contribution < 1.29 is 14.0 Å². The van der Waals surface area contributed by atoms with Gasteiger partial charge in [0.05, 0.1) is 12.1 Å². The summed E-state index contributed by atoms with van der Waals surface area (Å²) in [7, 11) is 0. The zero-order valence-corrected chi connectivity index (χ0v) is 7.79. The van der Waals surface area contributed by atoms with Crippen molar-refractivity contribution >= 4 is 17.5 Å². The fraction of sp³-hybridized carbons (Fsp3) is 0.111. The van der Waals surface area contributed by atoms with E-state index in [1.54, 1.807) is 0 Å². The molecule has 0 saturated carbocycles. The first-order chi connectivity index (χ1) is 7.00. The van der Waals surface area contributed by atoms with Gasteiger partial charge in [-0.05, 0) is 18.2 Å². The number of benzene rings is 1. The third-order valence-corrected chi connectivity index (χ3v) is 1.66. The number of nitrogens with two attached hydrogens (primary N) is 2. The first-order valence-corrected chi connectivity index (χ1v) is 4.12. The highest BCUT2D eigenvalue weighted by Crippen LogP contribution is 2.11. The molecule has 0 radical (unpaired) electrons. The average molecular weight is 211 g/mol. The van der Waals surface area contributed by atoms with Gasteiger partial charge in [-0.3, -0.25) is 9.59 Å². The van der Waals surface area contributed by atoms with E-state index in [0.717, 1.165) is 6.07 Å². The maximum Gasteiger partial charge on any atom is 0.254 e. The van der Waals surface area contributed by atoms with Crippen molar-refractivity contribution in [2.45, 2.75) is 0 Å². The van der Waals surface area contributed by atoms with Crippen LogP contribution >= 0.6 is 0 Å². The number of amides is 2. The Morgan fingerprint density at radius 3 is 2.60 bits per heavy atom. The number of anilines is 1. The summed E-state index contributed by atoms with van der Waals surface area (Å²) >= 11 is 0. The van der Waals surface area contributed by atoms with Crippen LogP contribution in [0.15, 0.2) is 18.2 Å². The molecule has 5 N–H and O–H groups in total. The lowest BCUT2D eigenvalue weighted by atomic mass is 10.2. The van der Waals surface area contributed by atoms with Crippen molar-refractivity contribution in [3.05, 3.63) is 29.6 Å². The lowest BCUT2D eigenvalue weighted by molar-refractivity contribution is -0.117. The number of carbonyl (C=O) groups is 2. The largest absolute Gasteiger partial charge is 0.399 e. The number of rotatable bonds is 3. The lowest BCUT2D eigenvalue weighted by Gasteiger charge is -2.04. The molecule has 1 aromatic rings. The van der Waals surface area contributed by atoms with E-state index in [1.807, 2.05) is 0 Å². The molecule has 5 nitrogen and oxygen atoms in total. The fourth-order valence-corrected chi connectivity index (χ4v) is 0.978. The average Bonchev–Trinajstić information content (AvgIpc) is 2.14. The summed E-state index contributed by atoms with van der Waals surface area (Å²) in [4.78, 5) is 21.6. The van der Waals surface area contributed by atoms with E-state index < -0.39 is 17.6 Å². The Labute approximate surface area is 85.2 Å². The molecule has 6 heteroatoms. The summed E-state index contributed by atoms with van der Waals surface area (Å²) < 4.78 is 13.2. The van der Waals surface area contributed by atoms with Crippen LogP contribution in [-0.4, -0.2) is 18.4 Å². The van der Waals surface area contributed by atoms with Gasteiger partial charge >= 0.3 is 0 Å². The summed E-state index contributed by atoms with van der Waals surface area (Å²) in [6, 6.07) is 3.66. The van der Waals surface area contributed by atoms with Crippen LogP contribution in [0.3, 0.4) is 0 Å². The number of primary amides is 1. The Balaban J connectivity index is 2.78. The number of hydrogen-bond acceptors (Lipinski definition) is 3. The summed E-state index contributed by atoms with van der Waals surface area (Å²) in [5.41, 5.74) is 10.2. The van der Waals surface area contributed by atoms with Gasteiger partial charge in [-0.15, -0.1) is 0 Å². The van der Waals surface area contributed by atoms with Crippen molar-refractivity contribution in [1.29, 1.82) is 0 Å². The van der Waals surface area contributed by atoms with E-state index in [0.29, 0.717) is 0 Å². The number of carbonyl (C=O) groups excluding carboxylic acids is 2. The number of nitrogens with one attached hydrogen (secondary N) is 1. The van der Waals surface area contributed by atoms with Gasteiger partial charge in [0, 0.05) is 5.69 Å². The molecular formula is C9H10FN3O2. The highest BCUT2D eigenvalue weighted by atomic mass is 19.1. The minimum atomic E-state index is -0.739. The molecule has 0 fully saturated rings. The molecule has 80 valence electrons. The molecular weight excluding hydrogens is 201 g/mol. The molecule has 0 aliphatic rings. The maximum atomic E-state index is 13.2. The molecule has 15 heavy (non-hydrogen) atoms. The Bertz CT molecular complexity index is 406. The van der Waals surface area contributed by atoms with Crippen molar-refractivity contribution in [3.8, 4) is 0 Å². The van der Waals surface area contributed by atoms with Crippen LogP contribution in [0, 0.1) is 5.82 Å². The van der Waals surface area contributed by atoms with E-state index in [9.17, 15) is 14.0 Å². The minimum Gasteiger partial charge on any atom is -0.399 e. The SMILES string of the molecule is NC(=O)CNC(=O)c1ccc(N)cc1F. The second-order valence-corrected chi connectivity index (χ2v) is 2.89. The zero-order chi connectivity index (χ0) is 11.4. The van der Waals surface area contributed by atoms with Crippen LogP contribution in [-0.2, 0) is 4.79 Å². The molecule has 0 aliphatic carbocycles. The van der Waals surface area contributed by atoms with Crippen molar-refractivity contribution in [2.75, 3.05) is 12.3 Å². The minimum absolute atomic E-state index is 0.176. The first-order valence-electron chi connectivity index (χ1n) is 4.12. The van der Waals surface area contributed by atoms with Crippen molar-refractivity contribution in [3.63, 3.8) is 0 Å². The standard InChI is InChI=1S/C9H10FN3O2/c10-7-3-5(11)1-2-6(7)9(15)13-4-8(12)14/h1-3H,4,11H2,(H2,12,14)(H,13,15). The Morgan fingerprint density at radius 1 is 1.40 bits per heavy atom. The molecule has 2 amide bonds. The molecule has 0 aromatic heterocycles. The predicted molar refractivity (Wildman–Crippen MR) is 52.3 cm³/mol. The molecule has 0 aliphatic heterocycles. The van der Waals surface area contributed by atoms with Gasteiger partial charge in [-0.1, -0.05) is 0 Å². The summed E-state index contributed by atoms with van der Waals surface area (Å²) in [6.07, 6.45) is 0. The van der Waals surface area contributed by atoms with Crippen LogP contribution in [0.1, 0.15) is 10.4 Å². The zero-order valence-electron chi connectivity index (χ0n) is 7.79. The highest BCUT2D eigenvalue weighted by molar-refractivity contribution is 5.96. The molecule has 0 bridgehead atoms. The molecule has 0 atom stereocenters. The van der Waals surface area contributed by atoms with Crippen molar-refractivity contribution in [2.24, 2.45) is 5.73 Å². The second kappa shape index (κ2) is 4.41. The van der Waals surface area contributed by atoms with Gasteiger partial charge < -0.3 is 16.8 Å². The van der Waals surface area contributed by atoms with Crippen LogP contribution in [0.2, 0.25) is 0 Å². The monoisotopic (exact) mass is 211 g/mol. The van der Waals surface area contributed by atoms with E-state index in [-0.39, 0.29) is 17.8 Å². The number of nitrogen functional groups attached to an aromatic ring is 1. The van der Waals surface area contributed by atoms with Crippen LogP contribution in [0.25, 0.3) is 0 Å². The number of hydrogen-bond donors (Lipinski definition) is 3. The fourth-order valence-electron chi connectivity index (χ4n) is 0.978. The molecule has 0 spiro atoms. The van der Waals surface area contributed by atoms with Gasteiger partial charge in [0.15, 0.2) is 0 Å². The topological polar surface area (TPSA) is 98.2 Å². The predicted octanol–water partition coefficient (Wildman–Crippen LogP) is -0.377. The molecule has 1 aromatic carbocycles. The summed E-state index contributed by atoms with van der Waals surface area (Å²) in [5.74, 6) is -2.14. The first kappa shape index (κ1) is 11.0. The molecule has 0 saturated heterocycles. The van der Waals surface area contributed by atoms with Gasteiger partial charge in [0.25, 0.3) is 5.91 Å². The molecule has 0 unspecified atom stereocenters. The van der Waals surface area contributed by atoms with E-state index in [4.69, 9.17) is 11.5 Å². The maximum absolute atomic E-state index is 13.2. The molecule has 0 heterocycles. The Morgan fingerprint density at radius 2 is 2.07 bits per heavy atom. The van der Waals surface area contributed by atoms with Crippen LogP contribution in [0.4, 0.5) is 10.1 Å². The van der Waals surface area contributed by atoms with E-state index in [1.165, 1.54) is 12.1 Å². The Kier molecular flexibility index (Phi) is 3.22. The molecule has 1 rings (SSSR count). The third-order valence-electron chi connectivity index (χ3n) is 1.66. The normalized spacial score (nSPS) is 9.67. The lowest BCUT2D eigenvalue weighted by Crippen LogP contribution is -2.33. The van der Waals surface area contributed by atoms with Crippen LogP contribution < -0.4 is 16.8 Å². The quantitative estimate of drug-likeness (QED) is 0.594. The van der Waals surface area contributed by atoms with Gasteiger partial charge in [-0.25, -0.2) is 4.39 Å². The summed E-state index contributed by atoms with van der Waals surface area (Å²) in [5, 5.41) is 2.16. The van der Waals surface area contributed by atoms with Gasteiger partial charge in [0.2, 0.25) is 5.91 Å². The smallest absolute Gasteiger partial charge is 0.254 e. The summed E-state index contributed by atoms with van der Waals surface area (Å²) in [6.45, 7) is -0.331. The second-order valence-electron chi connectivity index (χ2n) is 2.89. The van der Waals surface area contributed by atoms with E-state index >= 15 is 0 Å². The van der Waals surface area contributed by atoms with Crippen LogP contribution in [0.5, 0.6) is 0 Å². The third kappa shape index (κ3) is 2.94. The highest BCUT2D eigenvalue weighted by Gasteiger charge is 2.11. The Hall–Kier alpha value is -2.11. The van der Waals surface area contributed by atoms with Gasteiger partial charge in [-0.2, -0.15) is 0 Å². The van der Waals surface area contributed by atoms with Crippen molar-refractivity contribution in [1.82, 2.24) is 5.32 Å².